The minimum Gasteiger partial charge on any atom is -0.350 e. The van der Waals surface area contributed by atoms with Gasteiger partial charge in [0.1, 0.15) is 0 Å². The summed E-state index contributed by atoms with van der Waals surface area (Å²) in [5.74, 6) is 0. The van der Waals surface area contributed by atoms with E-state index in [1.54, 1.807) is 0 Å². The zero-order valence-corrected chi connectivity index (χ0v) is 8.30. The Morgan fingerprint density at radius 3 is 3.00 bits per heavy atom. The predicted octanol–water partition coefficient (Wildman–Crippen LogP) is 1.35. The second-order valence-corrected chi connectivity index (χ2v) is 3.90. The number of hydrogen-bond donors (Lipinski definition) is 2. The standard InChI is InChI=1S/C7H12BrN3O/c8-5-3-1-2-4-6(5)10-11-7(9)12/h5H,1-4H2,(H3,9,11,12). The molecule has 4 nitrogen and oxygen atoms in total. The number of urea groups is 1. The molecule has 68 valence electrons. The highest BCUT2D eigenvalue weighted by Crippen LogP contribution is 2.21. The molecule has 0 aromatic carbocycles. The SMILES string of the molecule is NC(=O)NN=C1CCCCC1Br. The highest BCUT2D eigenvalue weighted by Gasteiger charge is 2.17. The fourth-order valence-corrected chi connectivity index (χ4v) is 1.86. The van der Waals surface area contributed by atoms with Gasteiger partial charge in [-0.15, -0.1) is 0 Å². The molecule has 0 heterocycles. The van der Waals surface area contributed by atoms with Gasteiger partial charge in [0.2, 0.25) is 0 Å². The molecular weight excluding hydrogens is 222 g/mol. The van der Waals surface area contributed by atoms with Crippen molar-refractivity contribution in [3.8, 4) is 0 Å². The number of nitrogens with two attached hydrogens (primary N) is 1. The summed E-state index contributed by atoms with van der Waals surface area (Å²) in [5, 5.41) is 3.91. The average Bonchev–Trinajstić information content (AvgIpc) is 2.03. The highest BCUT2D eigenvalue weighted by molar-refractivity contribution is 9.10. The van der Waals surface area contributed by atoms with Crippen LogP contribution >= 0.6 is 15.9 Å². The maximum absolute atomic E-state index is 10.3. The lowest BCUT2D eigenvalue weighted by molar-refractivity contribution is 0.249. The van der Waals surface area contributed by atoms with Crippen molar-refractivity contribution >= 4 is 27.7 Å². The van der Waals surface area contributed by atoms with Crippen LogP contribution < -0.4 is 11.2 Å². The van der Waals surface area contributed by atoms with E-state index in [1.165, 1.54) is 6.42 Å². The Balaban J connectivity index is 2.47. The number of rotatable bonds is 1. The number of nitrogens with zero attached hydrogens (tertiary/aromatic N) is 1. The minimum absolute atomic E-state index is 0.304. The summed E-state index contributed by atoms with van der Waals surface area (Å²) in [6.07, 6.45) is 4.38. The first-order chi connectivity index (χ1) is 5.70. The Bertz CT molecular complexity index is 205. The van der Waals surface area contributed by atoms with Gasteiger partial charge >= 0.3 is 6.03 Å². The molecule has 1 atom stereocenters. The van der Waals surface area contributed by atoms with Crippen LogP contribution in [0.3, 0.4) is 0 Å². The molecule has 0 aromatic rings. The molecule has 12 heavy (non-hydrogen) atoms. The molecule has 0 aliphatic heterocycles. The fraction of sp³-hybridized carbons (Fsp3) is 0.714. The van der Waals surface area contributed by atoms with Crippen molar-refractivity contribution in [2.75, 3.05) is 0 Å². The fourth-order valence-electron chi connectivity index (χ4n) is 1.21. The largest absolute Gasteiger partial charge is 0.350 e. The lowest BCUT2D eigenvalue weighted by Crippen LogP contribution is -2.29. The molecule has 0 radical (unpaired) electrons. The number of halogens is 1. The molecule has 0 spiro atoms. The Morgan fingerprint density at radius 2 is 2.42 bits per heavy atom. The molecule has 0 saturated heterocycles. The van der Waals surface area contributed by atoms with E-state index >= 15 is 0 Å². The summed E-state index contributed by atoms with van der Waals surface area (Å²) in [5.41, 5.74) is 8.11. The van der Waals surface area contributed by atoms with Gasteiger partial charge in [0.15, 0.2) is 0 Å². The van der Waals surface area contributed by atoms with E-state index in [4.69, 9.17) is 5.73 Å². The molecule has 1 aliphatic rings. The van der Waals surface area contributed by atoms with Gasteiger partial charge in [-0.25, -0.2) is 10.2 Å². The van der Waals surface area contributed by atoms with Crippen molar-refractivity contribution in [2.24, 2.45) is 10.8 Å². The predicted molar refractivity (Wildman–Crippen MR) is 51.3 cm³/mol. The summed E-state index contributed by atoms with van der Waals surface area (Å²) in [4.78, 5) is 10.6. The number of hydrazone groups is 1. The molecule has 0 bridgehead atoms. The van der Waals surface area contributed by atoms with Crippen molar-refractivity contribution < 1.29 is 4.79 Å². The van der Waals surface area contributed by atoms with Crippen molar-refractivity contribution in [1.29, 1.82) is 0 Å². The number of alkyl halides is 1. The number of amides is 2. The zero-order chi connectivity index (χ0) is 8.97. The molecule has 1 rings (SSSR count). The van der Waals surface area contributed by atoms with Crippen LogP contribution in [0, 0.1) is 0 Å². The van der Waals surface area contributed by atoms with Crippen LogP contribution in [-0.2, 0) is 0 Å². The molecule has 3 N–H and O–H groups in total. The van der Waals surface area contributed by atoms with Gasteiger partial charge in [-0.1, -0.05) is 22.4 Å². The first-order valence-electron chi connectivity index (χ1n) is 3.96. The van der Waals surface area contributed by atoms with Crippen LogP contribution in [0.1, 0.15) is 25.7 Å². The lowest BCUT2D eigenvalue weighted by Gasteiger charge is -2.17. The maximum Gasteiger partial charge on any atom is 0.332 e. The van der Waals surface area contributed by atoms with Crippen molar-refractivity contribution in [3.05, 3.63) is 0 Å². The molecule has 5 heteroatoms. The van der Waals surface area contributed by atoms with Crippen LogP contribution in [0.2, 0.25) is 0 Å². The molecule has 1 fully saturated rings. The van der Waals surface area contributed by atoms with Crippen LogP contribution in [0.5, 0.6) is 0 Å². The maximum atomic E-state index is 10.3. The van der Waals surface area contributed by atoms with E-state index in [2.05, 4.69) is 26.5 Å². The van der Waals surface area contributed by atoms with E-state index in [1.807, 2.05) is 0 Å². The van der Waals surface area contributed by atoms with Gasteiger partial charge in [0.05, 0.1) is 10.5 Å². The number of carbonyl (C=O) groups is 1. The van der Waals surface area contributed by atoms with Crippen LogP contribution in [-0.4, -0.2) is 16.6 Å². The van der Waals surface area contributed by atoms with E-state index < -0.39 is 6.03 Å². The third-order valence-electron chi connectivity index (χ3n) is 1.81. The number of carbonyl (C=O) groups excluding carboxylic acids is 1. The quantitative estimate of drug-likeness (QED) is 0.521. The minimum atomic E-state index is -0.604. The Hall–Kier alpha value is -0.580. The van der Waals surface area contributed by atoms with Crippen molar-refractivity contribution in [1.82, 2.24) is 5.43 Å². The van der Waals surface area contributed by atoms with Crippen molar-refractivity contribution in [2.45, 2.75) is 30.5 Å². The first kappa shape index (κ1) is 9.51. The summed E-state index contributed by atoms with van der Waals surface area (Å²) in [6, 6.07) is -0.604. The van der Waals surface area contributed by atoms with Gasteiger partial charge < -0.3 is 5.73 Å². The normalized spacial score (nSPS) is 27.1. The van der Waals surface area contributed by atoms with Crippen LogP contribution in [0.25, 0.3) is 0 Å². The van der Waals surface area contributed by atoms with E-state index in [0.717, 1.165) is 25.0 Å². The number of nitrogens with one attached hydrogen (secondary N) is 1. The highest BCUT2D eigenvalue weighted by atomic mass is 79.9. The molecule has 0 aromatic heterocycles. The summed E-state index contributed by atoms with van der Waals surface area (Å²) in [7, 11) is 0. The zero-order valence-electron chi connectivity index (χ0n) is 6.72. The molecule has 1 saturated carbocycles. The molecule has 1 unspecified atom stereocenters. The Morgan fingerprint density at radius 1 is 1.67 bits per heavy atom. The van der Waals surface area contributed by atoms with Gasteiger partial charge in [-0.2, -0.15) is 5.10 Å². The number of primary amides is 1. The second kappa shape index (κ2) is 4.45. The topological polar surface area (TPSA) is 67.5 Å². The molecular formula is C7H12BrN3O. The van der Waals surface area contributed by atoms with Crippen LogP contribution in [0.15, 0.2) is 5.10 Å². The van der Waals surface area contributed by atoms with Gasteiger partial charge in [0, 0.05) is 0 Å². The van der Waals surface area contributed by atoms with Crippen LogP contribution in [0.4, 0.5) is 4.79 Å². The monoisotopic (exact) mass is 233 g/mol. The smallest absolute Gasteiger partial charge is 0.332 e. The van der Waals surface area contributed by atoms with Gasteiger partial charge in [-0.3, -0.25) is 0 Å². The Kier molecular flexibility index (Phi) is 3.52. The summed E-state index contributed by atoms with van der Waals surface area (Å²) < 4.78 is 0. The van der Waals surface area contributed by atoms with E-state index in [-0.39, 0.29) is 0 Å². The first-order valence-corrected chi connectivity index (χ1v) is 4.87. The molecule has 2 amide bonds. The molecule has 1 aliphatic carbocycles. The number of hydrogen-bond acceptors (Lipinski definition) is 2. The van der Waals surface area contributed by atoms with E-state index in [0.29, 0.717) is 4.83 Å². The van der Waals surface area contributed by atoms with Gasteiger partial charge in [0.25, 0.3) is 0 Å². The Labute approximate surface area is 79.7 Å². The second-order valence-electron chi connectivity index (χ2n) is 2.79. The lowest BCUT2D eigenvalue weighted by atomic mass is 9.99. The summed E-state index contributed by atoms with van der Waals surface area (Å²) in [6.45, 7) is 0. The van der Waals surface area contributed by atoms with Crippen molar-refractivity contribution in [3.63, 3.8) is 0 Å². The van der Waals surface area contributed by atoms with E-state index in [9.17, 15) is 4.79 Å². The third-order valence-corrected chi connectivity index (χ3v) is 2.80. The third kappa shape index (κ3) is 2.81. The summed E-state index contributed by atoms with van der Waals surface area (Å²) >= 11 is 3.48. The average molecular weight is 234 g/mol. The van der Waals surface area contributed by atoms with Gasteiger partial charge in [-0.05, 0) is 19.3 Å².